The van der Waals surface area contributed by atoms with E-state index in [0.29, 0.717) is 11.4 Å². The number of carbonyl (C=O) groups is 1. The number of rotatable bonds is 8. The molecule has 0 saturated heterocycles. The molecule has 0 unspecified atom stereocenters. The number of anilines is 1. The zero-order valence-corrected chi connectivity index (χ0v) is 18.2. The molecule has 5 nitrogen and oxygen atoms in total. The molecular weight excluding hydrogens is 392 g/mol. The van der Waals surface area contributed by atoms with E-state index in [1.807, 2.05) is 56.3 Å². The Bertz CT molecular complexity index is 953. The minimum atomic E-state index is -3.56. The van der Waals surface area contributed by atoms with Crippen molar-refractivity contribution < 1.29 is 13.2 Å². The van der Waals surface area contributed by atoms with Crippen LogP contribution in [0.25, 0.3) is 6.08 Å². The first kappa shape index (κ1) is 22.2. The normalized spacial score (nSPS) is 11.9. The quantitative estimate of drug-likeness (QED) is 0.660. The minimum Gasteiger partial charge on any atom is -0.325 e. The van der Waals surface area contributed by atoms with E-state index in [1.54, 1.807) is 6.07 Å². The summed E-state index contributed by atoms with van der Waals surface area (Å²) in [5, 5.41) is 2.84. The average molecular weight is 419 g/mol. The van der Waals surface area contributed by atoms with Gasteiger partial charge in [0.25, 0.3) is 0 Å². The van der Waals surface area contributed by atoms with Gasteiger partial charge in [0, 0.05) is 25.5 Å². The van der Waals surface area contributed by atoms with Gasteiger partial charge in [-0.15, -0.1) is 11.8 Å². The van der Waals surface area contributed by atoms with Gasteiger partial charge >= 0.3 is 0 Å². The maximum atomic E-state index is 12.4. The van der Waals surface area contributed by atoms with E-state index in [9.17, 15) is 13.2 Å². The largest absolute Gasteiger partial charge is 0.325 e. The van der Waals surface area contributed by atoms with Gasteiger partial charge in [-0.05, 0) is 42.7 Å². The number of thioether (sulfide) groups is 1. The molecule has 0 spiro atoms. The van der Waals surface area contributed by atoms with Crippen LogP contribution in [0.1, 0.15) is 16.7 Å². The van der Waals surface area contributed by atoms with E-state index < -0.39 is 10.0 Å². The molecular formula is C21H26N2O3S2. The molecule has 0 radical (unpaired) electrons. The van der Waals surface area contributed by atoms with E-state index >= 15 is 0 Å². The number of carbonyl (C=O) groups excluding carboxylic acids is 1. The van der Waals surface area contributed by atoms with Crippen molar-refractivity contribution in [3.05, 3.63) is 65.2 Å². The molecule has 0 aliphatic heterocycles. The highest BCUT2D eigenvalue weighted by molar-refractivity contribution is 8.00. The molecule has 150 valence electrons. The second-order valence-electron chi connectivity index (χ2n) is 6.58. The Balaban J connectivity index is 1.98. The molecule has 0 heterocycles. The number of amides is 1. The summed E-state index contributed by atoms with van der Waals surface area (Å²) >= 11 is 1.50. The predicted molar refractivity (Wildman–Crippen MR) is 118 cm³/mol. The molecule has 0 aromatic heterocycles. The molecule has 0 atom stereocenters. The molecule has 2 aromatic carbocycles. The molecule has 0 bridgehead atoms. The summed E-state index contributed by atoms with van der Waals surface area (Å²) < 4.78 is 26.0. The lowest BCUT2D eigenvalue weighted by atomic mass is 10.1. The van der Waals surface area contributed by atoms with Crippen LogP contribution in [0.4, 0.5) is 5.69 Å². The Morgan fingerprint density at radius 3 is 2.46 bits per heavy atom. The monoisotopic (exact) mass is 418 g/mol. The van der Waals surface area contributed by atoms with Crippen LogP contribution < -0.4 is 5.32 Å². The number of aryl methyl sites for hydroxylation is 1. The summed E-state index contributed by atoms with van der Waals surface area (Å²) in [5.74, 6) is 0.859. The summed E-state index contributed by atoms with van der Waals surface area (Å²) in [7, 11) is -0.580. The summed E-state index contributed by atoms with van der Waals surface area (Å²) in [6, 6.07) is 13.1. The van der Waals surface area contributed by atoms with Crippen molar-refractivity contribution in [3.63, 3.8) is 0 Å². The zero-order chi connectivity index (χ0) is 20.7. The third-order valence-electron chi connectivity index (χ3n) is 4.25. The Labute approximate surface area is 171 Å². The standard InChI is InChI=1S/C21H26N2O3S2/c1-16-13-19(28(25,26)23(3)4)14-20(17(16)2)22-21(24)15-27-12-8-11-18-9-6-5-7-10-18/h5-11,13-14H,12,15H2,1-4H3,(H,22,24). The summed E-state index contributed by atoms with van der Waals surface area (Å²) in [5.41, 5.74) is 3.33. The lowest BCUT2D eigenvalue weighted by Crippen LogP contribution is -2.23. The molecule has 2 rings (SSSR count). The van der Waals surface area contributed by atoms with Gasteiger partial charge in [0.1, 0.15) is 0 Å². The molecule has 7 heteroatoms. The SMILES string of the molecule is Cc1cc(S(=O)(=O)N(C)C)cc(NC(=O)CSCC=Cc2ccccc2)c1C. The fourth-order valence-corrected chi connectivity index (χ4v) is 4.09. The van der Waals surface area contributed by atoms with Crippen LogP contribution in [0, 0.1) is 13.8 Å². The first-order valence-corrected chi connectivity index (χ1v) is 11.4. The molecule has 28 heavy (non-hydrogen) atoms. The van der Waals surface area contributed by atoms with Gasteiger partial charge in [0.2, 0.25) is 15.9 Å². The van der Waals surface area contributed by atoms with Crippen LogP contribution in [-0.4, -0.2) is 44.2 Å². The molecule has 0 aliphatic rings. The first-order chi connectivity index (χ1) is 13.2. The van der Waals surface area contributed by atoms with Crippen molar-refractivity contribution in [1.29, 1.82) is 0 Å². The zero-order valence-electron chi connectivity index (χ0n) is 16.6. The highest BCUT2D eigenvalue weighted by Crippen LogP contribution is 2.25. The maximum absolute atomic E-state index is 12.4. The van der Waals surface area contributed by atoms with E-state index in [1.165, 1.54) is 31.9 Å². The molecule has 0 aliphatic carbocycles. The van der Waals surface area contributed by atoms with Gasteiger partial charge in [-0.3, -0.25) is 4.79 Å². The number of hydrogen-bond acceptors (Lipinski definition) is 4. The van der Waals surface area contributed by atoms with Crippen molar-refractivity contribution in [1.82, 2.24) is 4.31 Å². The van der Waals surface area contributed by atoms with E-state index in [2.05, 4.69) is 5.32 Å². The van der Waals surface area contributed by atoms with Gasteiger partial charge < -0.3 is 5.32 Å². The van der Waals surface area contributed by atoms with Crippen LogP contribution in [0.2, 0.25) is 0 Å². The summed E-state index contributed by atoms with van der Waals surface area (Å²) in [6.07, 6.45) is 4.04. The lowest BCUT2D eigenvalue weighted by Gasteiger charge is -2.16. The summed E-state index contributed by atoms with van der Waals surface area (Å²) in [4.78, 5) is 12.5. The van der Waals surface area contributed by atoms with Crippen LogP contribution in [0.3, 0.4) is 0 Å². The smallest absolute Gasteiger partial charge is 0.242 e. The van der Waals surface area contributed by atoms with Crippen molar-refractivity contribution in [3.8, 4) is 0 Å². The third kappa shape index (κ3) is 5.95. The molecule has 0 fully saturated rings. The topological polar surface area (TPSA) is 66.5 Å². The molecule has 0 saturated carbocycles. The molecule has 1 N–H and O–H groups in total. The molecule has 1 amide bonds. The van der Waals surface area contributed by atoms with Gasteiger partial charge in [-0.25, -0.2) is 12.7 Å². The number of benzene rings is 2. The first-order valence-electron chi connectivity index (χ1n) is 8.85. The third-order valence-corrected chi connectivity index (χ3v) is 6.94. The van der Waals surface area contributed by atoms with Crippen LogP contribution in [0.15, 0.2) is 53.4 Å². The second-order valence-corrected chi connectivity index (χ2v) is 9.76. The number of sulfonamides is 1. The van der Waals surface area contributed by atoms with E-state index in [4.69, 9.17) is 0 Å². The van der Waals surface area contributed by atoms with Crippen molar-refractivity contribution in [2.24, 2.45) is 0 Å². The summed E-state index contributed by atoms with van der Waals surface area (Å²) in [6.45, 7) is 3.70. The van der Waals surface area contributed by atoms with Gasteiger partial charge in [0.15, 0.2) is 0 Å². The predicted octanol–water partition coefficient (Wildman–Crippen LogP) is 3.94. The highest BCUT2D eigenvalue weighted by atomic mass is 32.2. The van der Waals surface area contributed by atoms with Crippen molar-refractivity contribution >= 4 is 39.5 Å². The number of nitrogens with zero attached hydrogens (tertiary/aromatic N) is 1. The van der Waals surface area contributed by atoms with E-state index in [0.717, 1.165) is 26.7 Å². The fourth-order valence-electron chi connectivity index (χ4n) is 2.47. The fraction of sp³-hybridized carbons (Fsp3) is 0.286. The highest BCUT2D eigenvalue weighted by Gasteiger charge is 2.20. The van der Waals surface area contributed by atoms with Crippen LogP contribution >= 0.6 is 11.8 Å². The average Bonchev–Trinajstić information content (AvgIpc) is 2.65. The van der Waals surface area contributed by atoms with Gasteiger partial charge in [0.05, 0.1) is 10.6 Å². The van der Waals surface area contributed by atoms with Crippen molar-refractivity contribution in [2.75, 3.05) is 30.9 Å². The van der Waals surface area contributed by atoms with E-state index in [-0.39, 0.29) is 10.8 Å². The van der Waals surface area contributed by atoms with Crippen LogP contribution in [0.5, 0.6) is 0 Å². The van der Waals surface area contributed by atoms with Crippen molar-refractivity contribution in [2.45, 2.75) is 18.7 Å². The molecule has 2 aromatic rings. The van der Waals surface area contributed by atoms with Gasteiger partial charge in [-0.2, -0.15) is 0 Å². The Morgan fingerprint density at radius 2 is 1.82 bits per heavy atom. The lowest BCUT2D eigenvalue weighted by molar-refractivity contribution is -0.113. The Hall–Kier alpha value is -2.09. The maximum Gasteiger partial charge on any atom is 0.242 e. The number of nitrogens with one attached hydrogen (secondary N) is 1. The van der Waals surface area contributed by atoms with Gasteiger partial charge in [-0.1, -0.05) is 42.5 Å². The Morgan fingerprint density at radius 1 is 1.14 bits per heavy atom. The Kier molecular flexibility index (Phi) is 7.86. The van der Waals surface area contributed by atoms with Crippen LogP contribution in [-0.2, 0) is 14.8 Å². The number of hydrogen-bond donors (Lipinski definition) is 1. The minimum absolute atomic E-state index is 0.153. The second kappa shape index (κ2) is 9.91.